The van der Waals surface area contributed by atoms with Gasteiger partial charge in [0, 0.05) is 5.56 Å². The number of nitrogens with one attached hydrogen (secondary N) is 1. The molecule has 2 unspecified atom stereocenters. The Morgan fingerprint density at radius 2 is 1.50 bits per heavy atom. The SMILES string of the molecule is COc1ccc(C(NC(=O)C(C)Oc2cccc(C(C)=O)c2)c2ccccc2)cc1. The summed E-state index contributed by atoms with van der Waals surface area (Å²) >= 11 is 0. The van der Waals surface area contributed by atoms with E-state index in [1.807, 2.05) is 54.6 Å². The molecule has 1 N–H and O–H groups in total. The van der Waals surface area contributed by atoms with Crippen molar-refractivity contribution in [3.8, 4) is 11.5 Å². The molecule has 2 atom stereocenters. The summed E-state index contributed by atoms with van der Waals surface area (Å²) in [6, 6.07) is 23.8. The maximum atomic E-state index is 12.9. The van der Waals surface area contributed by atoms with E-state index < -0.39 is 6.10 Å². The highest BCUT2D eigenvalue weighted by molar-refractivity contribution is 5.94. The molecular weight excluding hydrogens is 378 g/mol. The smallest absolute Gasteiger partial charge is 0.261 e. The van der Waals surface area contributed by atoms with Gasteiger partial charge in [-0.1, -0.05) is 54.6 Å². The van der Waals surface area contributed by atoms with E-state index in [0.29, 0.717) is 11.3 Å². The van der Waals surface area contributed by atoms with Crippen LogP contribution in [0, 0.1) is 0 Å². The third-order valence-corrected chi connectivity index (χ3v) is 4.79. The average Bonchev–Trinajstić information content (AvgIpc) is 2.78. The zero-order chi connectivity index (χ0) is 21.5. The van der Waals surface area contributed by atoms with Gasteiger partial charge in [0.05, 0.1) is 13.2 Å². The molecular formula is C25H25NO4. The van der Waals surface area contributed by atoms with Gasteiger partial charge in [0.2, 0.25) is 0 Å². The number of hydrogen-bond donors (Lipinski definition) is 1. The molecule has 0 radical (unpaired) electrons. The summed E-state index contributed by atoms with van der Waals surface area (Å²) < 4.78 is 11.0. The van der Waals surface area contributed by atoms with Crippen LogP contribution in [0.25, 0.3) is 0 Å². The minimum atomic E-state index is -0.739. The Kier molecular flexibility index (Phi) is 6.86. The number of carbonyl (C=O) groups is 2. The van der Waals surface area contributed by atoms with Crippen LogP contribution in [0.2, 0.25) is 0 Å². The van der Waals surface area contributed by atoms with Crippen molar-refractivity contribution in [3.63, 3.8) is 0 Å². The summed E-state index contributed by atoms with van der Waals surface area (Å²) in [6.07, 6.45) is -0.739. The molecule has 3 aromatic rings. The highest BCUT2D eigenvalue weighted by Gasteiger charge is 2.22. The first-order chi connectivity index (χ1) is 14.5. The van der Waals surface area contributed by atoms with Crippen molar-refractivity contribution in [2.45, 2.75) is 26.0 Å². The zero-order valence-corrected chi connectivity index (χ0v) is 17.3. The van der Waals surface area contributed by atoms with Crippen LogP contribution in [0.1, 0.15) is 41.4 Å². The molecule has 0 aromatic heterocycles. The molecule has 3 rings (SSSR count). The van der Waals surface area contributed by atoms with E-state index in [2.05, 4.69) is 5.32 Å². The molecule has 0 aliphatic carbocycles. The summed E-state index contributed by atoms with van der Waals surface area (Å²) in [5.74, 6) is 0.916. The minimum Gasteiger partial charge on any atom is -0.497 e. The maximum Gasteiger partial charge on any atom is 0.261 e. The fraction of sp³-hybridized carbons (Fsp3) is 0.200. The fourth-order valence-corrected chi connectivity index (χ4v) is 3.11. The van der Waals surface area contributed by atoms with Crippen molar-refractivity contribution in [1.82, 2.24) is 5.32 Å². The van der Waals surface area contributed by atoms with Crippen LogP contribution in [-0.2, 0) is 4.79 Å². The van der Waals surface area contributed by atoms with E-state index >= 15 is 0 Å². The van der Waals surface area contributed by atoms with Gasteiger partial charge in [0.25, 0.3) is 5.91 Å². The van der Waals surface area contributed by atoms with Crippen LogP contribution < -0.4 is 14.8 Å². The van der Waals surface area contributed by atoms with Gasteiger partial charge in [-0.15, -0.1) is 0 Å². The van der Waals surface area contributed by atoms with Gasteiger partial charge in [-0.3, -0.25) is 9.59 Å². The first-order valence-electron chi connectivity index (χ1n) is 9.75. The van der Waals surface area contributed by atoms with Crippen LogP contribution in [0.3, 0.4) is 0 Å². The van der Waals surface area contributed by atoms with Gasteiger partial charge in [0.1, 0.15) is 11.5 Å². The Morgan fingerprint density at radius 3 is 2.13 bits per heavy atom. The quantitative estimate of drug-likeness (QED) is 0.560. The van der Waals surface area contributed by atoms with Crippen molar-refractivity contribution in [2.75, 3.05) is 7.11 Å². The molecule has 1 amide bonds. The lowest BCUT2D eigenvalue weighted by Gasteiger charge is -2.23. The molecule has 154 valence electrons. The van der Waals surface area contributed by atoms with E-state index in [4.69, 9.17) is 9.47 Å². The molecule has 5 heteroatoms. The Hall–Kier alpha value is -3.60. The molecule has 0 heterocycles. The lowest BCUT2D eigenvalue weighted by Crippen LogP contribution is -2.39. The number of amides is 1. The maximum absolute atomic E-state index is 12.9. The number of rotatable bonds is 8. The predicted molar refractivity (Wildman–Crippen MR) is 116 cm³/mol. The lowest BCUT2D eigenvalue weighted by molar-refractivity contribution is -0.127. The predicted octanol–water partition coefficient (Wildman–Crippen LogP) is 4.57. The van der Waals surface area contributed by atoms with E-state index in [9.17, 15) is 9.59 Å². The number of methoxy groups -OCH3 is 1. The fourth-order valence-electron chi connectivity index (χ4n) is 3.11. The van der Waals surface area contributed by atoms with E-state index in [1.165, 1.54) is 6.92 Å². The topological polar surface area (TPSA) is 64.6 Å². The van der Waals surface area contributed by atoms with Gasteiger partial charge in [-0.05, 0) is 49.2 Å². The molecule has 0 spiro atoms. The summed E-state index contributed by atoms with van der Waals surface area (Å²) in [6.45, 7) is 3.18. The summed E-state index contributed by atoms with van der Waals surface area (Å²) in [5.41, 5.74) is 2.43. The molecule has 0 aliphatic heterocycles. The first kappa shape index (κ1) is 21.1. The largest absolute Gasteiger partial charge is 0.497 e. The Bertz CT molecular complexity index is 999. The molecule has 5 nitrogen and oxygen atoms in total. The number of ketones is 1. The third kappa shape index (κ3) is 5.26. The van der Waals surface area contributed by atoms with Crippen LogP contribution >= 0.6 is 0 Å². The van der Waals surface area contributed by atoms with E-state index in [-0.39, 0.29) is 17.7 Å². The van der Waals surface area contributed by atoms with Crippen LogP contribution in [0.15, 0.2) is 78.9 Å². The van der Waals surface area contributed by atoms with Crippen molar-refractivity contribution in [3.05, 3.63) is 95.6 Å². The zero-order valence-electron chi connectivity index (χ0n) is 17.3. The number of ether oxygens (including phenoxy) is 2. The Labute approximate surface area is 176 Å². The van der Waals surface area contributed by atoms with Gasteiger partial charge in [-0.2, -0.15) is 0 Å². The lowest BCUT2D eigenvalue weighted by atomic mass is 9.98. The van der Waals surface area contributed by atoms with Crippen molar-refractivity contribution in [2.24, 2.45) is 0 Å². The second kappa shape index (κ2) is 9.74. The second-order valence-corrected chi connectivity index (χ2v) is 6.97. The normalized spacial score (nSPS) is 12.5. The highest BCUT2D eigenvalue weighted by atomic mass is 16.5. The first-order valence-corrected chi connectivity index (χ1v) is 9.75. The van der Waals surface area contributed by atoms with E-state index in [1.54, 1.807) is 38.3 Å². The molecule has 0 bridgehead atoms. The molecule has 0 saturated carbocycles. The monoisotopic (exact) mass is 403 g/mol. The second-order valence-electron chi connectivity index (χ2n) is 6.97. The van der Waals surface area contributed by atoms with Crippen molar-refractivity contribution >= 4 is 11.7 Å². The highest BCUT2D eigenvalue weighted by Crippen LogP contribution is 2.24. The molecule has 3 aromatic carbocycles. The standard InChI is InChI=1S/C25H25NO4/c1-17(27)21-10-7-11-23(16-21)30-18(2)25(28)26-24(19-8-5-4-6-9-19)20-12-14-22(29-3)15-13-20/h4-16,18,24H,1-3H3,(H,26,28). The number of carbonyl (C=O) groups excluding carboxylic acids is 2. The van der Waals surface area contributed by atoms with Crippen LogP contribution in [-0.4, -0.2) is 24.9 Å². The minimum absolute atomic E-state index is 0.0544. The number of hydrogen-bond acceptors (Lipinski definition) is 4. The molecule has 30 heavy (non-hydrogen) atoms. The van der Waals surface area contributed by atoms with Crippen LogP contribution in [0.4, 0.5) is 0 Å². The summed E-state index contributed by atoms with van der Waals surface area (Å²) in [5, 5.41) is 3.07. The number of Topliss-reactive ketones (excluding diaryl/α,β-unsaturated/α-hetero) is 1. The molecule has 0 saturated heterocycles. The molecule has 0 fully saturated rings. The van der Waals surface area contributed by atoms with Gasteiger partial charge < -0.3 is 14.8 Å². The van der Waals surface area contributed by atoms with Crippen LogP contribution in [0.5, 0.6) is 11.5 Å². The Morgan fingerprint density at radius 1 is 0.833 bits per heavy atom. The van der Waals surface area contributed by atoms with Gasteiger partial charge in [-0.25, -0.2) is 0 Å². The van der Waals surface area contributed by atoms with Gasteiger partial charge >= 0.3 is 0 Å². The molecule has 0 aliphatic rings. The van der Waals surface area contributed by atoms with Crippen molar-refractivity contribution in [1.29, 1.82) is 0 Å². The third-order valence-electron chi connectivity index (χ3n) is 4.79. The Balaban J connectivity index is 1.78. The average molecular weight is 403 g/mol. The summed E-state index contributed by atoms with van der Waals surface area (Å²) in [7, 11) is 1.62. The van der Waals surface area contributed by atoms with Gasteiger partial charge in [0.15, 0.2) is 11.9 Å². The van der Waals surface area contributed by atoms with Crippen molar-refractivity contribution < 1.29 is 19.1 Å². The van der Waals surface area contributed by atoms with E-state index in [0.717, 1.165) is 16.9 Å². The number of benzene rings is 3. The summed E-state index contributed by atoms with van der Waals surface area (Å²) in [4.78, 5) is 24.5.